The number of fused-ring (bicyclic) bond motifs is 1. The van der Waals surface area contributed by atoms with E-state index in [4.69, 9.17) is 9.47 Å². The molecule has 8 nitrogen and oxygen atoms in total. The van der Waals surface area contributed by atoms with Crippen molar-refractivity contribution in [1.82, 2.24) is 15.0 Å². The third kappa shape index (κ3) is 4.15. The average molecular weight is 495 g/mol. The van der Waals surface area contributed by atoms with Crippen molar-refractivity contribution in [2.75, 3.05) is 18.9 Å². The molecule has 0 spiro atoms. The van der Waals surface area contributed by atoms with Gasteiger partial charge in [0.25, 0.3) is 10.0 Å². The number of alkyl halides is 2. The Morgan fingerprint density at radius 1 is 1.18 bits per heavy atom. The van der Waals surface area contributed by atoms with Gasteiger partial charge in [-0.15, -0.1) is 11.3 Å². The van der Waals surface area contributed by atoms with Gasteiger partial charge in [0.2, 0.25) is 24.1 Å². The minimum Gasteiger partial charge on any atom is -0.481 e. The van der Waals surface area contributed by atoms with Crippen molar-refractivity contribution in [3.05, 3.63) is 27.7 Å². The van der Waals surface area contributed by atoms with E-state index in [9.17, 15) is 17.2 Å². The van der Waals surface area contributed by atoms with Gasteiger partial charge in [0.15, 0.2) is 0 Å². The highest BCUT2D eigenvalue weighted by Gasteiger charge is 2.25. The van der Waals surface area contributed by atoms with Gasteiger partial charge in [-0.2, -0.15) is 9.97 Å². The maximum absolute atomic E-state index is 12.8. The van der Waals surface area contributed by atoms with Crippen LogP contribution in [-0.2, 0) is 16.4 Å². The highest BCUT2D eigenvalue weighted by molar-refractivity contribution is 9.10. The van der Waals surface area contributed by atoms with Crippen molar-refractivity contribution >= 4 is 53.5 Å². The molecule has 0 radical (unpaired) electrons. The zero-order valence-electron chi connectivity index (χ0n) is 14.4. The summed E-state index contributed by atoms with van der Waals surface area (Å²) in [6.45, 7) is 0. The van der Waals surface area contributed by atoms with Gasteiger partial charge in [-0.25, -0.2) is 26.9 Å². The van der Waals surface area contributed by atoms with Crippen LogP contribution in [0.1, 0.15) is 5.56 Å². The lowest BCUT2D eigenvalue weighted by Crippen LogP contribution is -2.16. The second-order valence-corrected chi connectivity index (χ2v) is 8.65. The monoisotopic (exact) mass is 494 g/mol. The van der Waals surface area contributed by atoms with E-state index in [-0.39, 0.29) is 28.2 Å². The van der Waals surface area contributed by atoms with Crippen LogP contribution in [0.2, 0.25) is 0 Å². The Balaban J connectivity index is 2.01. The summed E-state index contributed by atoms with van der Waals surface area (Å²) in [5.41, 5.74) is -0.0574. The molecule has 0 aliphatic heterocycles. The van der Waals surface area contributed by atoms with Gasteiger partial charge in [-0.3, -0.25) is 0 Å². The van der Waals surface area contributed by atoms with Gasteiger partial charge in [0.1, 0.15) is 14.3 Å². The molecule has 0 aromatic carbocycles. The second-order valence-electron chi connectivity index (χ2n) is 5.33. The van der Waals surface area contributed by atoms with Crippen molar-refractivity contribution in [2.24, 2.45) is 0 Å². The predicted octanol–water partition coefficient (Wildman–Crippen LogP) is 3.47. The summed E-state index contributed by atoms with van der Waals surface area (Å²) < 4.78 is 64.0. The topological polar surface area (TPSA) is 103 Å². The molecule has 13 heteroatoms. The van der Waals surface area contributed by atoms with Gasteiger partial charge in [0, 0.05) is 17.2 Å². The van der Waals surface area contributed by atoms with Crippen LogP contribution < -0.4 is 14.2 Å². The summed E-state index contributed by atoms with van der Waals surface area (Å²) in [7, 11) is -1.62. The lowest BCUT2D eigenvalue weighted by molar-refractivity contribution is 0.146. The molecule has 0 saturated carbocycles. The van der Waals surface area contributed by atoms with E-state index < -0.39 is 22.9 Å². The third-order valence-corrected chi connectivity index (χ3v) is 6.41. The number of aromatic nitrogens is 3. The highest BCUT2D eigenvalue weighted by Crippen LogP contribution is 2.32. The van der Waals surface area contributed by atoms with Gasteiger partial charge in [-0.05, 0) is 28.1 Å². The van der Waals surface area contributed by atoms with Crippen LogP contribution in [-0.4, -0.2) is 44.0 Å². The summed E-state index contributed by atoms with van der Waals surface area (Å²) in [4.78, 5) is 12.5. The van der Waals surface area contributed by atoms with E-state index in [1.807, 2.05) is 0 Å². The first-order chi connectivity index (χ1) is 13.2. The lowest BCUT2D eigenvalue weighted by Gasteiger charge is -2.13. The molecule has 3 heterocycles. The Labute approximate surface area is 171 Å². The largest absolute Gasteiger partial charge is 0.481 e. The molecule has 0 fully saturated rings. The lowest BCUT2D eigenvalue weighted by atomic mass is 10.2. The number of ether oxygens (including phenoxy) is 2. The molecule has 3 rings (SSSR count). The van der Waals surface area contributed by atoms with Crippen LogP contribution in [0.4, 0.5) is 14.7 Å². The van der Waals surface area contributed by atoms with Gasteiger partial charge >= 0.3 is 0 Å². The summed E-state index contributed by atoms with van der Waals surface area (Å²) in [5, 5.41) is 1.86. The molecular weight excluding hydrogens is 482 g/mol. The van der Waals surface area contributed by atoms with Crippen LogP contribution in [0.15, 0.2) is 27.0 Å². The van der Waals surface area contributed by atoms with Crippen molar-refractivity contribution in [1.29, 1.82) is 0 Å². The molecule has 0 unspecified atom stereocenters. The fourth-order valence-corrected chi connectivity index (χ4v) is 5.25. The first-order valence-electron chi connectivity index (χ1n) is 7.58. The second kappa shape index (κ2) is 8.09. The van der Waals surface area contributed by atoms with E-state index in [0.717, 1.165) is 11.3 Å². The first-order valence-corrected chi connectivity index (χ1v) is 10.7. The zero-order valence-corrected chi connectivity index (χ0v) is 17.7. The minimum absolute atomic E-state index is 0.00862. The van der Waals surface area contributed by atoms with E-state index in [1.54, 1.807) is 12.1 Å². The number of rotatable bonds is 7. The molecule has 0 atom stereocenters. The molecule has 3 aromatic rings. The molecule has 0 aliphatic rings. The number of methoxy groups -OCH3 is 2. The summed E-state index contributed by atoms with van der Waals surface area (Å²) >= 11 is 4.39. The minimum atomic E-state index is -4.07. The van der Waals surface area contributed by atoms with Crippen molar-refractivity contribution in [2.45, 2.75) is 17.7 Å². The number of nitrogens with zero attached hydrogens (tertiary/aromatic N) is 3. The van der Waals surface area contributed by atoms with Crippen LogP contribution in [0.3, 0.4) is 0 Å². The number of sulfonamides is 1. The summed E-state index contributed by atoms with van der Waals surface area (Å²) in [6.07, 6.45) is -3.38. The summed E-state index contributed by atoms with van der Waals surface area (Å²) in [6, 6.07) is 3.24. The van der Waals surface area contributed by atoms with Crippen LogP contribution >= 0.6 is 27.3 Å². The van der Waals surface area contributed by atoms with Gasteiger partial charge in [0.05, 0.1) is 19.8 Å². The Morgan fingerprint density at radius 3 is 2.39 bits per heavy atom. The Morgan fingerprint density at radius 2 is 1.82 bits per heavy atom. The number of thiophene rings is 1. The van der Waals surface area contributed by atoms with Crippen molar-refractivity contribution in [3.8, 4) is 11.8 Å². The molecule has 0 saturated heterocycles. The van der Waals surface area contributed by atoms with E-state index in [1.165, 1.54) is 19.6 Å². The maximum atomic E-state index is 12.8. The normalized spacial score (nSPS) is 11.8. The van der Waals surface area contributed by atoms with E-state index in [0.29, 0.717) is 14.8 Å². The smallest absolute Gasteiger partial charge is 0.265 e. The Hall–Kier alpha value is -2.12. The molecule has 0 aliphatic carbocycles. The quantitative estimate of drug-likeness (QED) is 0.501. The number of nitrogens with one attached hydrogen (secondary N) is 1. The number of hydrogen-bond donors (Lipinski definition) is 1. The standard InChI is InChI=1S/C15H13BrF2N4O4S2/c1-25-12-8(5-11(17)18)13(26-2)21-15(20-12)22-28(23,24)9-6-27-14-7(9)3-4-10(16)19-14/h3-4,6,11H,5H2,1-2H3,(H,20,21,22). The number of anilines is 1. The SMILES string of the molecule is COc1nc(NS(=O)(=O)c2csc3nc(Br)ccc23)nc(OC)c1CC(F)F. The number of pyridine rings is 1. The Bertz CT molecular complexity index is 1100. The zero-order chi connectivity index (χ0) is 20.5. The number of halogens is 3. The third-order valence-electron chi connectivity index (χ3n) is 3.56. The van der Waals surface area contributed by atoms with Crippen LogP contribution in [0.25, 0.3) is 10.2 Å². The number of hydrogen-bond acceptors (Lipinski definition) is 8. The summed E-state index contributed by atoms with van der Waals surface area (Å²) in [5.74, 6) is -0.771. The van der Waals surface area contributed by atoms with Crippen molar-refractivity contribution < 1.29 is 26.7 Å². The maximum Gasteiger partial charge on any atom is 0.265 e. The fourth-order valence-electron chi connectivity index (χ4n) is 2.41. The fraction of sp³-hybridized carbons (Fsp3) is 0.267. The van der Waals surface area contributed by atoms with E-state index >= 15 is 0 Å². The van der Waals surface area contributed by atoms with Crippen LogP contribution in [0.5, 0.6) is 11.8 Å². The molecule has 0 bridgehead atoms. The molecular formula is C15H13BrF2N4O4S2. The van der Waals surface area contributed by atoms with Gasteiger partial charge in [-0.1, -0.05) is 0 Å². The highest BCUT2D eigenvalue weighted by atomic mass is 79.9. The molecule has 3 aromatic heterocycles. The van der Waals surface area contributed by atoms with Crippen molar-refractivity contribution in [3.63, 3.8) is 0 Å². The molecule has 0 amide bonds. The molecule has 150 valence electrons. The average Bonchev–Trinajstić information content (AvgIpc) is 3.05. The van der Waals surface area contributed by atoms with Crippen LogP contribution in [0, 0.1) is 0 Å². The van der Waals surface area contributed by atoms with E-state index in [2.05, 4.69) is 35.6 Å². The molecule has 28 heavy (non-hydrogen) atoms. The Kier molecular flexibility index (Phi) is 5.95. The van der Waals surface area contributed by atoms with Gasteiger partial charge < -0.3 is 9.47 Å². The molecule has 1 N–H and O–H groups in total. The first kappa shape index (κ1) is 20.6. The predicted molar refractivity (Wildman–Crippen MR) is 103 cm³/mol.